The molecular formula is C19H19N3O5S. The second-order valence-corrected chi connectivity index (χ2v) is 8.20. The van der Waals surface area contributed by atoms with Crippen LogP contribution in [0, 0.1) is 11.3 Å². The van der Waals surface area contributed by atoms with E-state index in [-0.39, 0.29) is 16.1 Å². The van der Waals surface area contributed by atoms with E-state index in [4.69, 9.17) is 10.00 Å². The highest BCUT2D eigenvalue weighted by Crippen LogP contribution is 2.18. The Morgan fingerprint density at radius 1 is 1.14 bits per heavy atom. The molecule has 0 aromatic heterocycles. The van der Waals surface area contributed by atoms with E-state index in [1.165, 1.54) is 63.5 Å². The maximum atomic E-state index is 12.3. The van der Waals surface area contributed by atoms with Crippen molar-refractivity contribution in [3.8, 4) is 6.07 Å². The first-order chi connectivity index (χ1) is 13.1. The lowest BCUT2D eigenvalue weighted by Crippen LogP contribution is -2.30. The standard InChI is InChI=1S/C19H19N3O5S/c1-13(27-19(24)15-7-4-6-14(10-15)12-20)18(23)21-16-8-5-9-17(11-16)28(25,26)22(2)3/h4-11,13H,1-3H3,(H,21,23)/t13-/m1/s1. The summed E-state index contributed by atoms with van der Waals surface area (Å²) in [5, 5.41) is 11.4. The summed E-state index contributed by atoms with van der Waals surface area (Å²) in [6, 6.07) is 13.6. The zero-order chi connectivity index (χ0) is 20.9. The van der Waals surface area contributed by atoms with Crippen LogP contribution in [0.5, 0.6) is 0 Å². The lowest BCUT2D eigenvalue weighted by atomic mass is 10.1. The zero-order valence-corrected chi connectivity index (χ0v) is 16.4. The van der Waals surface area contributed by atoms with Gasteiger partial charge >= 0.3 is 5.97 Å². The molecule has 2 aromatic carbocycles. The van der Waals surface area contributed by atoms with Crippen molar-refractivity contribution in [3.05, 3.63) is 59.7 Å². The first kappa shape index (κ1) is 21.1. The molecule has 0 aliphatic rings. The van der Waals surface area contributed by atoms with Crippen LogP contribution in [0.25, 0.3) is 0 Å². The molecule has 9 heteroatoms. The van der Waals surface area contributed by atoms with E-state index in [0.717, 1.165) is 4.31 Å². The number of anilines is 1. The van der Waals surface area contributed by atoms with E-state index in [2.05, 4.69) is 5.32 Å². The van der Waals surface area contributed by atoms with Crippen LogP contribution < -0.4 is 5.32 Å². The first-order valence-corrected chi connectivity index (χ1v) is 9.63. The Bertz CT molecular complexity index is 1040. The zero-order valence-electron chi connectivity index (χ0n) is 15.5. The van der Waals surface area contributed by atoms with Gasteiger partial charge in [-0.05, 0) is 43.3 Å². The number of amides is 1. The molecule has 2 rings (SSSR count). The van der Waals surface area contributed by atoms with Crippen LogP contribution in [-0.4, -0.2) is 44.8 Å². The molecule has 28 heavy (non-hydrogen) atoms. The minimum absolute atomic E-state index is 0.0215. The van der Waals surface area contributed by atoms with Crippen molar-refractivity contribution in [1.29, 1.82) is 5.26 Å². The largest absolute Gasteiger partial charge is 0.449 e. The SMILES string of the molecule is C[C@@H](OC(=O)c1cccc(C#N)c1)C(=O)Nc1cccc(S(=O)(=O)N(C)C)c1. The summed E-state index contributed by atoms with van der Waals surface area (Å²) in [5.41, 5.74) is 0.700. The normalized spacial score (nSPS) is 12.1. The number of hydrogen-bond acceptors (Lipinski definition) is 6. The van der Waals surface area contributed by atoms with E-state index < -0.39 is 28.0 Å². The molecule has 0 saturated carbocycles. The number of nitrogens with one attached hydrogen (secondary N) is 1. The van der Waals surface area contributed by atoms with Gasteiger partial charge < -0.3 is 10.1 Å². The Morgan fingerprint density at radius 3 is 2.46 bits per heavy atom. The van der Waals surface area contributed by atoms with Crippen molar-refractivity contribution < 1.29 is 22.7 Å². The van der Waals surface area contributed by atoms with Gasteiger partial charge in [-0.25, -0.2) is 17.5 Å². The maximum absolute atomic E-state index is 12.3. The van der Waals surface area contributed by atoms with Gasteiger partial charge in [0.1, 0.15) is 0 Å². The molecule has 2 aromatic rings. The van der Waals surface area contributed by atoms with Gasteiger partial charge in [-0.1, -0.05) is 12.1 Å². The molecule has 8 nitrogen and oxygen atoms in total. The van der Waals surface area contributed by atoms with Crippen molar-refractivity contribution in [2.75, 3.05) is 19.4 Å². The molecular weight excluding hydrogens is 382 g/mol. The summed E-state index contributed by atoms with van der Waals surface area (Å²) >= 11 is 0. The monoisotopic (exact) mass is 401 g/mol. The molecule has 0 aliphatic carbocycles. The van der Waals surface area contributed by atoms with E-state index in [0.29, 0.717) is 5.56 Å². The summed E-state index contributed by atoms with van der Waals surface area (Å²) in [7, 11) is -0.834. The number of carbonyl (C=O) groups is 2. The van der Waals surface area contributed by atoms with E-state index >= 15 is 0 Å². The molecule has 1 atom stereocenters. The molecule has 0 spiro atoms. The second kappa shape index (κ2) is 8.65. The molecule has 1 amide bonds. The molecule has 0 fully saturated rings. The minimum Gasteiger partial charge on any atom is -0.449 e. The lowest BCUT2D eigenvalue weighted by molar-refractivity contribution is -0.123. The average Bonchev–Trinajstić information content (AvgIpc) is 2.67. The van der Waals surface area contributed by atoms with Crippen molar-refractivity contribution in [1.82, 2.24) is 4.31 Å². The summed E-state index contributed by atoms with van der Waals surface area (Å²) in [5.74, 6) is -1.37. The Balaban J connectivity index is 2.08. The van der Waals surface area contributed by atoms with Gasteiger partial charge in [0.05, 0.1) is 22.1 Å². The topological polar surface area (TPSA) is 117 Å². The summed E-state index contributed by atoms with van der Waals surface area (Å²) in [4.78, 5) is 24.5. The van der Waals surface area contributed by atoms with E-state index in [1.807, 2.05) is 6.07 Å². The minimum atomic E-state index is -3.65. The van der Waals surface area contributed by atoms with Gasteiger partial charge in [-0.15, -0.1) is 0 Å². The highest BCUT2D eigenvalue weighted by Gasteiger charge is 2.21. The number of nitrogens with zero attached hydrogens (tertiary/aromatic N) is 2. The van der Waals surface area contributed by atoms with Crippen LogP contribution in [-0.2, 0) is 19.6 Å². The number of nitriles is 1. The third kappa shape index (κ3) is 4.94. The summed E-state index contributed by atoms with van der Waals surface area (Å²) in [6.45, 7) is 1.39. The highest BCUT2D eigenvalue weighted by atomic mass is 32.2. The van der Waals surface area contributed by atoms with Gasteiger partial charge in [-0.2, -0.15) is 5.26 Å². The van der Waals surface area contributed by atoms with Crippen LogP contribution in [0.1, 0.15) is 22.8 Å². The van der Waals surface area contributed by atoms with Crippen LogP contribution in [0.15, 0.2) is 53.4 Å². The molecule has 0 heterocycles. The van der Waals surface area contributed by atoms with E-state index in [1.54, 1.807) is 6.07 Å². The number of benzene rings is 2. The van der Waals surface area contributed by atoms with E-state index in [9.17, 15) is 18.0 Å². The predicted octanol–water partition coefficient (Wildman–Crippen LogP) is 1.99. The Morgan fingerprint density at radius 2 is 1.82 bits per heavy atom. The number of hydrogen-bond donors (Lipinski definition) is 1. The number of sulfonamides is 1. The number of rotatable bonds is 6. The maximum Gasteiger partial charge on any atom is 0.338 e. The van der Waals surface area contributed by atoms with Gasteiger partial charge in [-0.3, -0.25) is 4.79 Å². The molecule has 0 radical (unpaired) electrons. The Kier molecular flexibility index (Phi) is 6.51. The molecule has 1 N–H and O–H groups in total. The van der Waals surface area contributed by atoms with Crippen molar-refractivity contribution in [2.45, 2.75) is 17.9 Å². The van der Waals surface area contributed by atoms with Crippen molar-refractivity contribution >= 4 is 27.6 Å². The fourth-order valence-corrected chi connectivity index (χ4v) is 3.13. The van der Waals surface area contributed by atoms with Crippen molar-refractivity contribution in [2.24, 2.45) is 0 Å². The second-order valence-electron chi connectivity index (χ2n) is 6.04. The molecule has 0 unspecified atom stereocenters. The van der Waals surface area contributed by atoms with Crippen LogP contribution >= 0.6 is 0 Å². The quantitative estimate of drug-likeness (QED) is 0.740. The van der Waals surface area contributed by atoms with Crippen LogP contribution in [0.2, 0.25) is 0 Å². The van der Waals surface area contributed by atoms with Crippen LogP contribution in [0.3, 0.4) is 0 Å². The summed E-state index contributed by atoms with van der Waals surface area (Å²) in [6.07, 6.45) is -1.13. The molecule has 0 saturated heterocycles. The highest BCUT2D eigenvalue weighted by molar-refractivity contribution is 7.89. The van der Waals surface area contributed by atoms with Gasteiger partial charge in [0.2, 0.25) is 10.0 Å². The summed E-state index contributed by atoms with van der Waals surface area (Å²) < 4.78 is 30.5. The number of carbonyl (C=O) groups excluding carboxylic acids is 2. The predicted molar refractivity (Wildman–Crippen MR) is 102 cm³/mol. The Labute approximate surface area is 163 Å². The molecule has 146 valence electrons. The fourth-order valence-electron chi connectivity index (χ4n) is 2.19. The van der Waals surface area contributed by atoms with Crippen molar-refractivity contribution in [3.63, 3.8) is 0 Å². The third-order valence-electron chi connectivity index (χ3n) is 3.76. The Hall–Kier alpha value is -3.22. The van der Waals surface area contributed by atoms with Gasteiger partial charge in [0, 0.05) is 19.8 Å². The van der Waals surface area contributed by atoms with Gasteiger partial charge in [0.25, 0.3) is 5.91 Å². The first-order valence-electron chi connectivity index (χ1n) is 8.19. The lowest BCUT2D eigenvalue weighted by Gasteiger charge is -2.15. The fraction of sp³-hybridized carbons (Fsp3) is 0.211. The molecule has 0 bridgehead atoms. The van der Waals surface area contributed by atoms with Gasteiger partial charge in [0.15, 0.2) is 6.10 Å². The molecule has 0 aliphatic heterocycles. The third-order valence-corrected chi connectivity index (χ3v) is 5.57. The number of esters is 1. The smallest absolute Gasteiger partial charge is 0.338 e. The average molecular weight is 401 g/mol. The van der Waals surface area contributed by atoms with Crippen LogP contribution in [0.4, 0.5) is 5.69 Å². The number of ether oxygens (including phenoxy) is 1.